The molecule has 5 heteroatoms. The molecule has 2 N–H and O–H groups in total. The topological polar surface area (TPSA) is 71.1 Å². The highest BCUT2D eigenvalue weighted by atomic mass is 32.2. The summed E-state index contributed by atoms with van der Waals surface area (Å²) in [6.45, 7) is 0.529. The van der Waals surface area contributed by atoms with E-state index < -0.39 is 11.1 Å². The monoisotopic (exact) mass is 325 g/mol. The van der Waals surface area contributed by atoms with Crippen molar-refractivity contribution in [2.24, 2.45) is 5.73 Å². The number of aromatic nitrogens is 1. The molecule has 0 radical (unpaired) electrons. The lowest BCUT2D eigenvalue weighted by molar-refractivity contribution is 0.536. The van der Waals surface area contributed by atoms with E-state index in [9.17, 15) is 8.76 Å². The van der Waals surface area contributed by atoms with E-state index in [0.29, 0.717) is 6.54 Å². The fourth-order valence-electron chi connectivity index (χ4n) is 2.54. The van der Waals surface area contributed by atoms with Crippen LogP contribution in [0.3, 0.4) is 0 Å². The molecule has 1 atom stereocenters. The summed E-state index contributed by atoms with van der Waals surface area (Å²) >= 11 is -2.06. The first-order valence-electron chi connectivity index (χ1n) is 7.29. The van der Waals surface area contributed by atoms with Gasteiger partial charge in [-0.1, -0.05) is 47.5 Å². The van der Waals surface area contributed by atoms with E-state index in [1.807, 2.05) is 66.9 Å². The molecule has 3 aromatic rings. The molecule has 0 fully saturated rings. The molecule has 0 aliphatic heterocycles. The molecule has 23 heavy (non-hydrogen) atoms. The molecule has 2 aromatic carbocycles. The van der Waals surface area contributed by atoms with Gasteiger partial charge in [0.1, 0.15) is 0 Å². The van der Waals surface area contributed by atoms with Crippen molar-refractivity contribution in [3.8, 4) is 16.9 Å². The van der Waals surface area contributed by atoms with Crippen LogP contribution in [-0.2, 0) is 23.4 Å². The first-order valence-corrected chi connectivity index (χ1v) is 8.53. The van der Waals surface area contributed by atoms with E-state index in [1.165, 1.54) is 0 Å². The first-order chi connectivity index (χ1) is 11.2. The molecule has 3 rings (SSSR count). The number of nitrogens with two attached hydrogens (primary N) is 1. The molecular weight excluding hydrogens is 308 g/mol. The van der Waals surface area contributed by atoms with Crippen LogP contribution in [0.2, 0.25) is 0 Å². The SMILES string of the molecule is NCc1ccc(-n2cccc2-c2ccc(CS(=O)[O-])cc2)cc1. The summed E-state index contributed by atoms with van der Waals surface area (Å²) in [7, 11) is 0. The van der Waals surface area contributed by atoms with Crippen molar-refractivity contribution < 1.29 is 8.76 Å². The maximum absolute atomic E-state index is 10.8. The van der Waals surface area contributed by atoms with Crippen molar-refractivity contribution >= 4 is 11.1 Å². The Morgan fingerprint density at radius 2 is 1.61 bits per heavy atom. The summed E-state index contributed by atoms with van der Waals surface area (Å²) < 4.78 is 23.6. The van der Waals surface area contributed by atoms with Gasteiger partial charge in [-0.25, -0.2) is 0 Å². The molecular formula is C18H17N2O2S-. The third kappa shape index (κ3) is 3.59. The van der Waals surface area contributed by atoms with Gasteiger partial charge in [0, 0.05) is 24.2 Å². The molecule has 0 bridgehead atoms. The standard InChI is InChI=1S/C18H18N2O2S/c19-12-14-5-9-17(10-6-14)20-11-1-2-18(20)16-7-3-15(4-8-16)13-23(21)22/h1-11H,12-13,19H2,(H,21,22)/p-1. The van der Waals surface area contributed by atoms with Gasteiger partial charge in [-0.05, 0) is 41.0 Å². The molecule has 0 saturated heterocycles. The lowest BCUT2D eigenvalue weighted by Crippen LogP contribution is -1.99. The number of rotatable bonds is 5. The van der Waals surface area contributed by atoms with Crippen LogP contribution >= 0.6 is 0 Å². The maximum atomic E-state index is 10.8. The summed E-state index contributed by atoms with van der Waals surface area (Å²) in [6, 6.07) is 19.7. The van der Waals surface area contributed by atoms with E-state index in [2.05, 4.69) is 4.57 Å². The normalized spacial score (nSPS) is 12.3. The zero-order valence-electron chi connectivity index (χ0n) is 12.5. The Bertz CT molecular complexity index is 808. The van der Waals surface area contributed by atoms with Crippen LogP contribution in [0.4, 0.5) is 0 Å². The highest BCUT2D eigenvalue weighted by Gasteiger charge is 2.06. The summed E-state index contributed by atoms with van der Waals surface area (Å²) in [5.41, 5.74) is 10.7. The largest absolute Gasteiger partial charge is 0.772 e. The van der Waals surface area contributed by atoms with Crippen molar-refractivity contribution in [1.82, 2.24) is 4.57 Å². The fraction of sp³-hybridized carbons (Fsp3) is 0.111. The first kappa shape index (κ1) is 15.7. The predicted octanol–water partition coefficient (Wildman–Crippen LogP) is 2.98. The van der Waals surface area contributed by atoms with Gasteiger partial charge in [-0.2, -0.15) is 0 Å². The minimum atomic E-state index is -2.06. The minimum absolute atomic E-state index is 0.0435. The Morgan fingerprint density at radius 1 is 0.957 bits per heavy atom. The molecule has 0 amide bonds. The van der Waals surface area contributed by atoms with Crippen molar-refractivity contribution in [2.75, 3.05) is 0 Å². The summed E-state index contributed by atoms with van der Waals surface area (Å²) in [6.07, 6.45) is 2.01. The van der Waals surface area contributed by atoms with Gasteiger partial charge in [0.2, 0.25) is 0 Å². The Kier molecular flexibility index (Phi) is 4.71. The second-order valence-corrected chi connectivity index (χ2v) is 6.18. The molecule has 0 spiro atoms. The molecule has 1 aromatic heterocycles. The zero-order valence-corrected chi connectivity index (χ0v) is 13.3. The second-order valence-electron chi connectivity index (χ2n) is 5.28. The van der Waals surface area contributed by atoms with Crippen LogP contribution in [0, 0.1) is 0 Å². The predicted molar refractivity (Wildman–Crippen MR) is 91.7 cm³/mol. The van der Waals surface area contributed by atoms with Crippen molar-refractivity contribution in [1.29, 1.82) is 0 Å². The minimum Gasteiger partial charge on any atom is -0.772 e. The fourth-order valence-corrected chi connectivity index (χ4v) is 3.01. The number of benzene rings is 2. The maximum Gasteiger partial charge on any atom is 0.0528 e. The number of hydrogen-bond donors (Lipinski definition) is 1. The van der Waals surface area contributed by atoms with Gasteiger partial charge in [-0.15, -0.1) is 0 Å². The highest BCUT2D eigenvalue weighted by molar-refractivity contribution is 7.78. The molecule has 0 aliphatic rings. The summed E-state index contributed by atoms with van der Waals surface area (Å²) in [5.74, 6) is 0.0435. The Morgan fingerprint density at radius 3 is 2.22 bits per heavy atom. The third-order valence-electron chi connectivity index (χ3n) is 3.73. The lowest BCUT2D eigenvalue weighted by Gasteiger charge is -2.11. The van der Waals surface area contributed by atoms with Gasteiger partial charge >= 0.3 is 0 Å². The van der Waals surface area contributed by atoms with Gasteiger partial charge in [0.05, 0.1) is 5.69 Å². The van der Waals surface area contributed by atoms with Crippen LogP contribution in [0.5, 0.6) is 0 Å². The second kappa shape index (κ2) is 6.91. The highest BCUT2D eigenvalue weighted by Crippen LogP contribution is 2.24. The Hall–Kier alpha value is -2.21. The third-order valence-corrected chi connectivity index (χ3v) is 4.30. The van der Waals surface area contributed by atoms with E-state index in [0.717, 1.165) is 28.1 Å². The van der Waals surface area contributed by atoms with Crippen LogP contribution in [0.15, 0.2) is 66.9 Å². The smallest absolute Gasteiger partial charge is 0.0528 e. The van der Waals surface area contributed by atoms with Gasteiger partial charge in [0.15, 0.2) is 0 Å². The van der Waals surface area contributed by atoms with Gasteiger partial charge in [0.25, 0.3) is 0 Å². The molecule has 4 nitrogen and oxygen atoms in total. The average molecular weight is 325 g/mol. The summed E-state index contributed by atoms with van der Waals surface area (Å²) in [4.78, 5) is 0. The zero-order chi connectivity index (χ0) is 16.2. The lowest BCUT2D eigenvalue weighted by atomic mass is 10.1. The molecule has 0 aliphatic carbocycles. The average Bonchev–Trinajstić information content (AvgIpc) is 3.05. The van der Waals surface area contributed by atoms with Crippen molar-refractivity contribution in [3.63, 3.8) is 0 Å². The van der Waals surface area contributed by atoms with Gasteiger partial charge < -0.3 is 14.9 Å². The van der Waals surface area contributed by atoms with E-state index in [-0.39, 0.29) is 5.75 Å². The van der Waals surface area contributed by atoms with E-state index >= 15 is 0 Å². The molecule has 1 unspecified atom stereocenters. The van der Waals surface area contributed by atoms with Crippen LogP contribution in [0.25, 0.3) is 16.9 Å². The Balaban J connectivity index is 1.92. The molecule has 1 heterocycles. The van der Waals surface area contributed by atoms with Crippen molar-refractivity contribution in [2.45, 2.75) is 12.3 Å². The van der Waals surface area contributed by atoms with Crippen LogP contribution in [0.1, 0.15) is 11.1 Å². The molecule has 0 saturated carbocycles. The van der Waals surface area contributed by atoms with Gasteiger partial charge in [-0.3, -0.25) is 4.21 Å². The quantitative estimate of drug-likeness (QED) is 0.733. The van der Waals surface area contributed by atoms with Crippen LogP contribution in [-0.4, -0.2) is 13.3 Å². The van der Waals surface area contributed by atoms with E-state index in [4.69, 9.17) is 5.73 Å². The number of hydrogen-bond acceptors (Lipinski definition) is 3. The summed E-state index contributed by atoms with van der Waals surface area (Å²) in [5, 5.41) is 0. The van der Waals surface area contributed by atoms with E-state index in [1.54, 1.807) is 0 Å². The molecule has 118 valence electrons. The van der Waals surface area contributed by atoms with Crippen LogP contribution < -0.4 is 5.73 Å². The Labute approximate surface area is 137 Å². The number of nitrogens with zero attached hydrogens (tertiary/aromatic N) is 1. The van der Waals surface area contributed by atoms with Crippen molar-refractivity contribution in [3.05, 3.63) is 78.0 Å².